The Bertz CT molecular complexity index is 2380. The van der Waals surface area contributed by atoms with E-state index in [2.05, 4.69) is 176 Å². The summed E-state index contributed by atoms with van der Waals surface area (Å²) >= 11 is 0. The van der Waals surface area contributed by atoms with Gasteiger partial charge in [-0.2, -0.15) is 0 Å². The van der Waals surface area contributed by atoms with Gasteiger partial charge in [-0.3, -0.25) is 0 Å². The highest BCUT2D eigenvalue weighted by Crippen LogP contribution is 2.50. The number of furan rings is 1. The van der Waals surface area contributed by atoms with Crippen LogP contribution in [0.25, 0.3) is 55.3 Å². The van der Waals surface area contributed by atoms with Crippen LogP contribution < -0.4 is 4.90 Å². The number of nitrogens with zero attached hydrogens (tertiary/aromatic N) is 1. The molecule has 0 saturated carbocycles. The normalized spacial score (nSPS) is 13.1. The Morgan fingerprint density at radius 2 is 1.02 bits per heavy atom. The molecule has 0 atom stereocenters. The minimum atomic E-state index is -0.0591. The molecule has 9 rings (SSSR count). The standard InChI is InChI=1S/C45H33NO/c1-45(2)41-19-11-9-17-36(41)37-26-23-31(29-42(37)45)32-27-39(44-40(28-32)38-18-10-12-20-43(38)47-44)30-21-24-35(25-22-30)46(33-13-5-3-6-14-33)34-15-7-4-8-16-34/h3-29H,1-2H3. The quantitative estimate of drug-likeness (QED) is 0.195. The van der Waals surface area contributed by atoms with Gasteiger partial charge < -0.3 is 9.32 Å². The summed E-state index contributed by atoms with van der Waals surface area (Å²) in [5.41, 5.74) is 15.2. The van der Waals surface area contributed by atoms with E-state index in [0.29, 0.717) is 0 Å². The summed E-state index contributed by atoms with van der Waals surface area (Å²) in [6, 6.07) is 58.8. The van der Waals surface area contributed by atoms with E-state index in [1.165, 1.54) is 33.4 Å². The zero-order valence-corrected chi connectivity index (χ0v) is 26.4. The zero-order valence-electron chi connectivity index (χ0n) is 26.4. The Morgan fingerprint density at radius 3 is 1.77 bits per heavy atom. The van der Waals surface area contributed by atoms with Crippen molar-refractivity contribution in [2.45, 2.75) is 19.3 Å². The van der Waals surface area contributed by atoms with Crippen molar-refractivity contribution < 1.29 is 4.42 Å². The molecule has 0 saturated heterocycles. The number of hydrogen-bond donors (Lipinski definition) is 0. The fourth-order valence-electron chi connectivity index (χ4n) is 7.48. The predicted octanol–water partition coefficient (Wildman–Crippen LogP) is 12.7. The summed E-state index contributed by atoms with van der Waals surface area (Å²) in [6.45, 7) is 4.69. The molecule has 1 aromatic heterocycles. The first-order valence-electron chi connectivity index (χ1n) is 16.3. The maximum atomic E-state index is 6.58. The molecule has 1 aliphatic rings. The van der Waals surface area contributed by atoms with Crippen LogP contribution >= 0.6 is 0 Å². The van der Waals surface area contributed by atoms with E-state index in [-0.39, 0.29) is 5.41 Å². The lowest BCUT2D eigenvalue weighted by Crippen LogP contribution is -2.14. The van der Waals surface area contributed by atoms with Gasteiger partial charge in [-0.05, 0) is 99.6 Å². The minimum Gasteiger partial charge on any atom is -0.455 e. The molecule has 0 fully saturated rings. The van der Waals surface area contributed by atoms with E-state index in [0.717, 1.165) is 50.1 Å². The maximum Gasteiger partial charge on any atom is 0.143 e. The minimum absolute atomic E-state index is 0.0591. The van der Waals surface area contributed by atoms with Crippen molar-refractivity contribution in [3.63, 3.8) is 0 Å². The lowest BCUT2D eigenvalue weighted by Gasteiger charge is -2.25. The highest BCUT2D eigenvalue weighted by atomic mass is 16.3. The maximum absolute atomic E-state index is 6.58. The molecule has 224 valence electrons. The van der Waals surface area contributed by atoms with Gasteiger partial charge in [0.1, 0.15) is 11.2 Å². The first-order chi connectivity index (χ1) is 23.1. The van der Waals surface area contributed by atoms with Crippen LogP contribution in [0.5, 0.6) is 0 Å². The fourth-order valence-corrected chi connectivity index (χ4v) is 7.48. The molecule has 0 unspecified atom stereocenters. The number of para-hydroxylation sites is 3. The summed E-state index contributed by atoms with van der Waals surface area (Å²) in [6.07, 6.45) is 0. The van der Waals surface area contributed by atoms with E-state index in [9.17, 15) is 0 Å². The molecule has 1 heterocycles. The third kappa shape index (κ3) is 4.40. The number of hydrogen-bond acceptors (Lipinski definition) is 2. The van der Waals surface area contributed by atoms with Crippen LogP contribution in [0.3, 0.4) is 0 Å². The number of anilines is 3. The van der Waals surface area contributed by atoms with Crippen molar-refractivity contribution in [3.8, 4) is 33.4 Å². The van der Waals surface area contributed by atoms with Crippen molar-refractivity contribution in [2.24, 2.45) is 0 Å². The van der Waals surface area contributed by atoms with Gasteiger partial charge in [0.15, 0.2) is 0 Å². The third-order valence-corrected chi connectivity index (χ3v) is 9.86. The summed E-state index contributed by atoms with van der Waals surface area (Å²) in [5.74, 6) is 0. The van der Waals surface area contributed by atoms with E-state index < -0.39 is 0 Å². The molecule has 0 N–H and O–H groups in total. The Labute approximate surface area is 275 Å². The van der Waals surface area contributed by atoms with Gasteiger partial charge in [-0.15, -0.1) is 0 Å². The Morgan fingerprint density at radius 1 is 0.426 bits per heavy atom. The molecule has 2 heteroatoms. The molecule has 2 nitrogen and oxygen atoms in total. The van der Waals surface area contributed by atoms with Crippen molar-refractivity contribution in [1.82, 2.24) is 0 Å². The van der Waals surface area contributed by atoms with Crippen LogP contribution in [0.2, 0.25) is 0 Å². The van der Waals surface area contributed by atoms with Crippen molar-refractivity contribution in [3.05, 3.63) is 175 Å². The summed E-state index contributed by atoms with van der Waals surface area (Å²) in [5, 5.41) is 2.27. The van der Waals surface area contributed by atoms with Gasteiger partial charge in [0.2, 0.25) is 0 Å². The predicted molar refractivity (Wildman–Crippen MR) is 197 cm³/mol. The van der Waals surface area contributed by atoms with E-state index in [1.54, 1.807) is 0 Å². The molecule has 7 aromatic carbocycles. The third-order valence-electron chi connectivity index (χ3n) is 9.86. The molecule has 0 bridgehead atoms. The van der Waals surface area contributed by atoms with E-state index in [4.69, 9.17) is 4.42 Å². The molecule has 47 heavy (non-hydrogen) atoms. The van der Waals surface area contributed by atoms with Gasteiger partial charge in [-0.1, -0.05) is 117 Å². The largest absolute Gasteiger partial charge is 0.455 e. The average Bonchev–Trinajstić information content (AvgIpc) is 3.61. The topological polar surface area (TPSA) is 16.4 Å². The smallest absolute Gasteiger partial charge is 0.143 e. The second kappa shape index (κ2) is 10.6. The zero-order chi connectivity index (χ0) is 31.5. The summed E-state index contributed by atoms with van der Waals surface area (Å²) < 4.78 is 6.58. The molecule has 0 aliphatic heterocycles. The molecule has 0 amide bonds. The van der Waals surface area contributed by atoms with Gasteiger partial charge >= 0.3 is 0 Å². The molecule has 0 spiro atoms. The molecular formula is C45H33NO. The lowest BCUT2D eigenvalue weighted by atomic mass is 9.81. The lowest BCUT2D eigenvalue weighted by molar-refractivity contribution is 0.660. The van der Waals surface area contributed by atoms with Gasteiger partial charge in [0, 0.05) is 38.8 Å². The van der Waals surface area contributed by atoms with Crippen LogP contribution in [0.1, 0.15) is 25.0 Å². The molecule has 0 radical (unpaired) electrons. The number of fused-ring (bicyclic) bond motifs is 6. The van der Waals surface area contributed by atoms with Crippen LogP contribution in [-0.4, -0.2) is 0 Å². The monoisotopic (exact) mass is 603 g/mol. The molecule has 1 aliphatic carbocycles. The van der Waals surface area contributed by atoms with Crippen LogP contribution in [0, 0.1) is 0 Å². The van der Waals surface area contributed by atoms with Crippen LogP contribution in [0.4, 0.5) is 17.1 Å². The first kappa shape index (κ1) is 27.5. The van der Waals surface area contributed by atoms with E-state index in [1.807, 2.05) is 6.07 Å². The highest BCUT2D eigenvalue weighted by Gasteiger charge is 2.35. The summed E-state index contributed by atoms with van der Waals surface area (Å²) in [7, 11) is 0. The number of benzene rings is 7. The molecule has 8 aromatic rings. The average molecular weight is 604 g/mol. The van der Waals surface area contributed by atoms with E-state index >= 15 is 0 Å². The highest BCUT2D eigenvalue weighted by molar-refractivity contribution is 6.11. The van der Waals surface area contributed by atoms with Gasteiger partial charge in [0.25, 0.3) is 0 Å². The Kier molecular flexibility index (Phi) is 6.20. The van der Waals surface area contributed by atoms with Gasteiger partial charge in [-0.25, -0.2) is 0 Å². The number of rotatable bonds is 5. The Balaban J connectivity index is 1.20. The Hall–Kier alpha value is -5.86. The second-order valence-electron chi connectivity index (χ2n) is 13.0. The van der Waals surface area contributed by atoms with Gasteiger partial charge in [0.05, 0.1) is 0 Å². The van der Waals surface area contributed by atoms with Crippen molar-refractivity contribution in [1.29, 1.82) is 0 Å². The SMILES string of the molecule is CC1(C)c2ccccc2-c2ccc(-c3cc(-c4ccc(N(c5ccccc5)c5ccccc5)cc4)c4oc5ccccc5c4c3)cc21. The van der Waals surface area contributed by atoms with Crippen LogP contribution in [-0.2, 0) is 5.41 Å². The second-order valence-corrected chi connectivity index (χ2v) is 13.0. The van der Waals surface area contributed by atoms with Crippen LogP contribution in [0.15, 0.2) is 168 Å². The molecular weight excluding hydrogens is 571 g/mol. The van der Waals surface area contributed by atoms with Crippen molar-refractivity contribution >= 4 is 39.0 Å². The van der Waals surface area contributed by atoms with Crippen molar-refractivity contribution in [2.75, 3.05) is 4.90 Å². The fraction of sp³-hybridized carbons (Fsp3) is 0.0667. The summed E-state index contributed by atoms with van der Waals surface area (Å²) in [4.78, 5) is 2.29. The first-order valence-corrected chi connectivity index (χ1v) is 16.3.